The first kappa shape index (κ1) is 12.2. The lowest BCUT2D eigenvalue weighted by Crippen LogP contribution is -2.38. The van der Waals surface area contributed by atoms with E-state index < -0.39 is 0 Å². The van der Waals surface area contributed by atoms with Gasteiger partial charge in [-0.15, -0.1) is 0 Å². The molecule has 15 heavy (non-hydrogen) atoms. The molecule has 0 amide bonds. The average Bonchev–Trinajstić information content (AvgIpc) is 2.50. The predicted octanol–water partition coefficient (Wildman–Crippen LogP) is 1.99. The number of hydrogen-bond acceptors (Lipinski definition) is 2. The SMILES string of the molecule is CNC(CCc1ccn(C)n1)C(C)(C)C. The summed E-state index contributed by atoms with van der Waals surface area (Å²) < 4.78 is 1.86. The van der Waals surface area contributed by atoms with Crippen LogP contribution >= 0.6 is 0 Å². The van der Waals surface area contributed by atoms with Gasteiger partial charge in [0.15, 0.2) is 0 Å². The first-order valence-corrected chi connectivity index (χ1v) is 5.59. The molecule has 0 radical (unpaired) electrons. The van der Waals surface area contributed by atoms with Gasteiger partial charge < -0.3 is 5.32 Å². The second-order valence-corrected chi connectivity index (χ2v) is 5.23. The lowest BCUT2D eigenvalue weighted by Gasteiger charge is -2.30. The van der Waals surface area contributed by atoms with E-state index in [1.807, 2.05) is 25.0 Å². The van der Waals surface area contributed by atoms with Gasteiger partial charge in [-0.25, -0.2) is 0 Å². The molecule has 1 atom stereocenters. The van der Waals surface area contributed by atoms with E-state index in [9.17, 15) is 0 Å². The molecule has 86 valence electrons. The van der Waals surface area contributed by atoms with Crippen molar-refractivity contribution in [2.45, 2.75) is 39.7 Å². The van der Waals surface area contributed by atoms with Gasteiger partial charge in [-0.05, 0) is 31.4 Å². The molecule has 1 rings (SSSR count). The second kappa shape index (κ2) is 4.79. The van der Waals surface area contributed by atoms with Crippen molar-refractivity contribution < 1.29 is 0 Å². The maximum absolute atomic E-state index is 4.39. The summed E-state index contributed by atoms with van der Waals surface area (Å²) >= 11 is 0. The molecule has 0 saturated heterocycles. The van der Waals surface area contributed by atoms with E-state index in [0.29, 0.717) is 11.5 Å². The van der Waals surface area contributed by atoms with Gasteiger partial charge in [-0.3, -0.25) is 4.68 Å². The van der Waals surface area contributed by atoms with E-state index in [-0.39, 0.29) is 0 Å². The number of aromatic nitrogens is 2. The molecule has 0 aromatic carbocycles. The number of nitrogens with one attached hydrogen (secondary N) is 1. The minimum absolute atomic E-state index is 0.309. The van der Waals surface area contributed by atoms with Crippen molar-refractivity contribution in [3.63, 3.8) is 0 Å². The zero-order chi connectivity index (χ0) is 11.5. The van der Waals surface area contributed by atoms with Crippen molar-refractivity contribution >= 4 is 0 Å². The third-order valence-corrected chi connectivity index (χ3v) is 2.85. The fraction of sp³-hybridized carbons (Fsp3) is 0.750. The first-order valence-electron chi connectivity index (χ1n) is 5.59. The lowest BCUT2D eigenvalue weighted by molar-refractivity contribution is 0.267. The Kier molecular flexibility index (Phi) is 3.91. The van der Waals surface area contributed by atoms with Crippen LogP contribution in [0.5, 0.6) is 0 Å². The van der Waals surface area contributed by atoms with Crippen molar-refractivity contribution in [3.8, 4) is 0 Å². The third kappa shape index (κ3) is 3.67. The minimum atomic E-state index is 0.309. The molecule has 3 nitrogen and oxygen atoms in total. The van der Waals surface area contributed by atoms with Crippen LogP contribution in [-0.2, 0) is 13.5 Å². The zero-order valence-corrected chi connectivity index (χ0v) is 10.5. The van der Waals surface area contributed by atoms with Crippen LogP contribution in [-0.4, -0.2) is 22.9 Å². The molecule has 1 aromatic rings. The molecule has 0 fully saturated rings. The Hall–Kier alpha value is -0.830. The van der Waals surface area contributed by atoms with Crippen LogP contribution in [0.2, 0.25) is 0 Å². The highest BCUT2D eigenvalue weighted by Crippen LogP contribution is 2.22. The number of hydrogen-bond donors (Lipinski definition) is 1. The molecule has 1 heterocycles. The fourth-order valence-electron chi connectivity index (χ4n) is 1.90. The molecule has 1 aromatic heterocycles. The lowest BCUT2D eigenvalue weighted by atomic mass is 9.84. The van der Waals surface area contributed by atoms with Gasteiger partial charge in [0.1, 0.15) is 0 Å². The summed E-state index contributed by atoms with van der Waals surface area (Å²) in [5.41, 5.74) is 1.49. The molecule has 0 aliphatic rings. The summed E-state index contributed by atoms with van der Waals surface area (Å²) in [4.78, 5) is 0. The Labute approximate surface area is 92.9 Å². The Morgan fingerprint density at radius 1 is 1.47 bits per heavy atom. The summed E-state index contributed by atoms with van der Waals surface area (Å²) in [5, 5.41) is 7.77. The third-order valence-electron chi connectivity index (χ3n) is 2.85. The molecular weight excluding hydrogens is 186 g/mol. The van der Waals surface area contributed by atoms with E-state index in [1.165, 1.54) is 5.69 Å². The van der Waals surface area contributed by atoms with Crippen molar-refractivity contribution in [1.29, 1.82) is 0 Å². The Morgan fingerprint density at radius 2 is 2.13 bits per heavy atom. The van der Waals surface area contributed by atoms with Crippen molar-refractivity contribution in [3.05, 3.63) is 18.0 Å². The average molecular weight is 209 g/mol. The van der Waals surface area contributed by atoms with Gasteiger partial charge in [-0.2, -0.15) is 5.10 Å². The van der Waals surface area contributed by atoms with Crippen molar-refractivity contribution in [1.82, 2.24) is 15.1 Å². The number of nitrogens with zero attached hydrogens (tertiary/aromatic N) is 2. The fourth-order valence-corrected chi connectivity index (χ4v) is 1.90. The highest BCUT2D eigenvalue weighted by molar-refractivity contribution is 4.99. The van der Waals surface area contributed by atoms with E-state index in [2.05, 4.69) is 37.3 Å². The van der Waals surface area contributed by atoms with Crippen LogP contribution in [0.15, 0.2) is 12.3 Å². The van der Waals surface area contributed by atoms with Gasteiger partial charge in [0.25, 0.3) is 0 Å². The van der Waals surface area contributed by atoms with Crippen LogP contribution in [0.25, 0.3) is 0 Å². The summed E-state index contributed by atoms with van der Waals surface area (Å²) in [6.07, 6.45) is 4.18. The molecule has 0 bridgehead atoms. The van der Waals surface area contributed by atoms with Crippen LogP contribution < -0.4 is 5.32 Å². The van der Waals surface area contributed by atoms with E-state index in [1.54, 1.807) is 0 Å². The smallest absolute Gasteiger partial charge is 0.0625 e. The summed E-state index contributed by atoms with van der Waals surface area (Å²) in [6, 6.07) is 2.63. The summed E-state index contributed by atoms with van der Waals surface area (Å²) in [5.74, 6) is 0. The Morgan fingerprint density at radius 3 is 2.53 bits per heavy atom. The van der Waals surface area contributed by atoms with Gasteiger partial charge >= 0.3 is 0 Å². The normalized spacial score (nSPS) is 14.2. The molecular formula is C12H23N3. The largest absolute Gasteiger partial charge is 0.316 e. The molecule has 0 aliphatic carbocycles. The van der Waals surface area contributed by atoms with Crippen molar-refractivity contribution in [2.24, 2.45) is 12.5 Å². The van der Waals surface area contributed by atoms with Gasteiger partial charge in [0.05, 0.1) is 5.69 Å². The minimum Gasteiger partial charge on any atom is -0.316 e. The van der Waals surface area contributed by atoms with Crippen molar-refractivity contribution in [2.75, 3.05) is 7.05 Å². The van der Waals surface area contributed by atoms with Gasteiger partial charge in [0, 0.05) is 19.3 Å². The van der Waals surface area contributed by atoms with Crippen LogP contribution in [0.3, 0.4) is 0 Å². The van der Waals surface area contributed by atoms with E-state index in [4.69, 9.17) is 0 Å². The van der Waals surface area contributed by atoms with Crippen LogP contribution in [0.4, 0.5) is 0 Å². The summed E-state index contributed by atoms with van der Waals surface area (Å²) in [7, 11) is 4.00. The predicted molar refractivity (Wildman–Crippen MR) is 63.8 cm³/mol. The monoisotopic (exact) mass is 209 g/mol. The number of aryl methyl sites for hydroxylation is 2. The zero-order valence-electron chi connectivity index (χ0n) is 10.5. The van der Waals surface area contributed by atoms with Crippen LogP contribution in [0.1, 0.15) is 32.9 Å². The molecule has 1 N–H and O–H groups in total. The number of rotatable bonds is 4. The van der Waals surface area contributed by atoms with Gasteiger partial charge in [0.2, 0.25) is 0 Å². The second-order valence-electron chi connectivity index (χ2n) is 5.23. The maximum Gasteiger partial charge on any atom is 0.0625 e. The molecule has 0 saturated carbocycles. The van der Waals surface area contributed by atoms with Crippen LogP contribution in [0, 0.1) is 5.41 Å². The van der Waals surface area contributed by atoms with Gasteiger partial charge in [-0.1, -0.05) is 20.8 Å². The highest BCUT2D eigenvalue weighted by Gasteiger charge is 2.22. The molecule has 0 spiro atoms. The molecule has 3 heteroatoms. The maximum atomic E-state index is 4.39. The Balaban J connectivity index is 2.48. The topological polar surface area (TPSA) is 29.9 Å². The van der Waals surface area contributed by atoms with E-state index >= 15 is 0 Å². The Bertz CT molecular complexity index is 296. The molecule has 0 aliphatic heterocycles. The van der Waals surface area contributed by atoms with E-state index in [0.717, 1.165) is 12.8 Å². The molecule has 1 unspecified atom stereocenters. The quantitative estimate of drug-likeness (QED) is 0.822. The standard InChI is InChI=1S/C12H23N3/c1-12(2,3)11(13-4)7-6-10-8-9-15(5)14-10/h8-9,11,13H,6-7H2,1-5H3. The highest BCUT2D eigenvalue weighted by atomic mass is 15.2. The first-order chi connectivity index (χ1) is 6.93. The summed E-state index contributed by atoms with van der Waals surface area (Å²) in [6.45, 7) is 6.81.